The van der Waals surface area contributed by atoms with Crippen LogP contribution in [-0.4, -0.2) is 9.97 Å². The van der Waals surface area contributed by atoms with Gasteiger partial charge in [-0.05, 0) is 30.3 Å². The van der Waals surface area contributed by atoms with Gasteiger partial charge >= 0.3 is 0 Å². The van der Waals surface area contributed by atoms with Gasteiger partial charge in [0.15, 0.2) is 0 Å². The summed E-state index contributed by atoms with van der Waals surface area (Å²) in [4.78, 5) is 20.1. The van der Waals surface area contributed by atoms with Crippen molar-refractivity contribution in [3.05, 3.63) is 57.1 Å². The van der Waals surface area contributed by atoms with E-state index in [0.29, 0.717) is 26.6 Å². The molecule has 2 aromatic carbocycles. The maximum absolute atomic E-state index is 11.7. The van der Waals surface area contributed by atoms with E-state index in [9.17, 15) is 4.79 Å². The molecular formula is C14H9Cl2N3OS. The van der Waals surface area contributed by atoms with Crippen molar-refractivity contribution in [3.8, 4) is 0 Å². The first-order valence-corrected chi connectivity index (χ1v) is 7.51. The Hall–Kier alpha value is -1.69. The third kappa shape index (κ3) is 2.85. The zero-order valence-electron chi connectivity index (χ0n) is 10.6. The second-order valence-electron chi connectivity index (χ2n) is 4.32. The van der Waals surface area contributed by atoms with Crippen LogP contribution in [-0.2, 0) is 0 Å². The Morgan fingerprint density at radius 2 is 1.95 bits per heavy atom. The first kappa shape index (κ1) is 14.3. The van der Waals surface area contributed by atoms with Crippen LogP contribution in [0, 0.1) is 0 Å². The maximum atomic E-state index is 11.7. The van der Waals surface area contributed by atoms with Gasteiger partial charge in [-0.3, -0.25) is 4.79 Å². The molecule has 0 aliphatic carbocycles. The van der Waals surface area contributed by atoms with Crippen LogP contribution in [0.4, 0.5) is 5.69 Å². The fraction of sp³-hybridized carbons (Fsp3) is 0. The SMILES string of the molecule is Nc1cc2c(=O)[nH]cnc2cc1Sc1ccc(Cl)c(Cl)c1. The van der Waals surface area contributed by atoms with Gasteiger partial charge in [0.05, 0.1) is 27.3 Å². The summed E-state index contributed by atoms with van der Waals surface area (Å²) in [6, 6.07) is 8.76. The number of aromatic amines is 1. The van der Waals surface area contributed by atoms with Gasteiger partial charge in [0.25, 0.3) is 5.56 Å². The number of hydrogen-bond donors (Lipinski definition) is 2. The number of nitrogen functional groups attached to an aromatic ring is 1. The third-order valence-electron chi connectivity index (χ3n) is 2.89. The summed E-state index contributed by atoms with van der Waals surface area (Å²) in [7, 11) is 0. The summed E-state index contributed by atoms with van der Waals surface area (Å²) in [6.45, 7) is 0. The summed E-state index contributed by atoms with van der Waals surface area (Å²) in [5.41, 5.74) is 6.90. The average molecular weight is 338 g/mol. The molecule has 0 spiro atoms. The van der Waals surface area contributed by atoms with Crippen LogP contribution in [0.2, 0.25) is 10.0 Å². The largest absolute Gasteiger partial charge is 0.398 e. The summed E-state index contributed by atoms with van der Waals surface area (Å²) >= 11 is 13.3. The average Bonchev–Trinajstić information content (AvgIpc) is 2.45. The fourth-order valence-electron chi connectivity index (χ4n) is 1.87. The highest BCUT2D eigenvalue weighted by atomic mass is 35.5. The number of nitrogens with zero attached hydrogens (tertiary/aromatic N) is 1. The summed E-state index contributed by atoms with van der Waals surface area (Å²) < 4.78 is 0. The highest BCUT2D eigenvalue weighted by molar-refractivity contribution is 7.99. The minimum atomic E-state index is -0.210. The predicted octanol–water partition coefficient (Wildman–Crippen LogP) is 3.96. The number of anilines is 1. The molecule has 0 saturated carbocycles. The van der Waals surface area contributed by atoms with Crippen LogP contribution in [0.3, 0.4) is 0 Å². The van der Waals surface area contributed by atoms with Gasteiger partial charge in [-0.2, -0.15) is 0 Å². The van der Waals surface area contributed by atoms with Crippen LogP contribution >= 0.6 is 35.0 Å². The smallest absolute Gasteiger partial charge is 0.258 e. The molecule has 0 bridgehead atoms. The molecule has 0 amide bonds. The normalized spacial score (nSPS) is 11.0. The third-order valence-corrected chi connectivity index (χ3v) is 4.69. The summed E-state index contributed by atoms with van der Waals surface area (Å²) in [5, 5.41) is 1.45. The first-order chi connectivity index (χ1) is 10.0. The highest BCUT2D eigenvalue weighted by Crippen LogP contribution is 2.36. The molecule has 0 radical (unpaired) electrons. The van der Waals surface area contributed by atoms with Gasteiger partial charge in [-0.1, -0.05) is 35.0 Å². The lowest BCUT2D eigenvalue weighted by molar-refractivity contribution is 1.17. The molecule has 21 heavy (non-hydrogen) atoms. The van der Waals surface area contributed by atoms with Crippen molar-refractivity contribution >= 4 is 51.6 Å². The molecule has 0 saturated heterocycles. The molecule has 106 valence electrons. The van der Waals surface area contributed by atoms with Gasteiger partial charge in [0.2, 0.25) is 0 Å². The van der Waals surface area contributed by atoms with Gasteiger partial charge in [0.1, 0.15) is 0 Å². The number of benzene rings is 2. The second kappa shape index (κ2) is 5.60. The van der Waals surface area contributed by atoms with Crippen molar-refractivity contribution in [3.63, 3.8) is 0 Å². The molecule has 0 aliphatic rings. The number of aromatic nitrogens is 2. The molecule has 1 aromatic heterocycles. The van der Waals surface area contributed by atoms with E-state index >= 15 is 0 Å². The standard InChI is InChI=1S/C14H9Cl2N3OS/c15-9-2-1-7(3-10(9)16)21-13-5-12-8(4-11(13)17)14(20)19-6-18-12/h1-6H,17H2,(H,18,19,20). The van der Waals surface area contributed by atoms with Gasteiger partial charge in [-0.25, -0.2) is 4.98 Å². The molecule has 3 rings (SSSR count). The maximum Gasteiger partial charge on any atom is 0.258 e. The molecule has 3 N–H and O–H groups in total. The van der Waals surface area contributed by atoms with Crippen molar-refractivity contribution in [2.24, 2.45) is 0 Å². The van der Waals surface area contributed by atoms with Crippen LogP contribution in [0.1, 0.15) is 0 Å². The van der Waals surface area contributed by atoms with Crippen molar-refractivity contribution in [1.82, 2.24) is 9.97 Å². The van der Waals surface area contributed by atoms with E-state index < -0.39 is 0 Å². The van der Waals surface area contributed by atoms with Gasteiger partial charge in [-0.15, -0.1) is 0 Å². The lowest BCUT2D eigenvalue weighted by Gasteiger charge is -2.07. The monoisotopic (exact) mass is 337 g/mol. The van der Waals surface area contributed by atoms with E-state index in [-0.39, 0.29) is 5.56 Å². The highest BCUT2D eigenvalue weighted by Gasteiger charge is 2.08. The zero-order valence-corrected chi connectivity index (χ0v) is 12.9. The molecular weight excluding hydrogens is 329 g/mol. The topological polar surface area (TPSA) is 71.8 Å². The van der Waals surface area contributed by atoms with Crippen molar-refractivity contribution in [1.29, 1.82) is 0 Å². The van der Waals surface area contributed by atoms with Crippen LogP contribution < -0.4 is 11.3 Å². The summed E-state index contributed by atoms with van der Waals surface area (Å²) in [6.07, 6.45) is 1.37. The molecule has 0 atom stereocenters. The van der Waals surface area contributed by atoms with E-state index in [2.05, 4.69) is 9.97 Å². The fourth-order valence-corrected chi connectivity index (χ4v) is 3.15. The Balaban J connectivity index is 2.06. The summed E-state index contributed by atoms with van der Waals surface area (Å²) in [5.74, 6) is 0. The van der Waals surface area contributed by atoms with Crippen molar-refractivity contribution in [2.75, 3.05) is 5.73 Å². The Bertz CT molecular complexity index is 895. The minimum Gasteiger partial charge on any atom is -0.398 e. The van der Waals surface area contributed by atoms with Crippen molar-refractivity contribution < 1.29 is 0 Å². The first-order valence-electron chi connectivity index (χ1n) is 5.94. The lowest BCUT2D eigenvalue weighted by atomic mass is 10.2. The molecule has 4 nitrogen and oxygen atoms in total. The number of hydrogen-bond acceptors (Lipinski definition) is 4. The molecule has 0 unspecified atom stereocenters. The Morgan fingerprint density at radius 1 is 1.14 bits per heavy atom. The van der Waals surface area contributed by atoms with E-state index in [1.807, 2.05) is 6.07 Å². The number of rotatable bonds is 2. The molecule has 0 fully saturated rings. The van der Waals surface area contributed by atoms with Crippen molar-refractivity contribution in [2.45, 2.75) is 9.79 Å². The molecule has 0 aliphatic heterocycles. The van der Waals surface area contributed by atoms with Crippen LogP contribution in [0.15, 0.2) is 51.2 Å². The van der Waals surface area contributed by atoms with E-state index in [0.717, 1.165) is 9.79 Å². The predicted molar refractivity (Wildman–Crippen MR) is 87.4 cm³/mol. The second-order valence-corrected chi connectivity index (χ2v) is 6.25. The molecule has 3 aromatic rings. The van der Waals surface area contributed by atoms with Gasteiger partial charge < -0.3 is 10.7 Å². The van der Waals surface area contributed by atoms with E-state index in [1.165, 1.54) is 18.1 Å². The zero-order chi connectivity index (χ0) is 15.0. The number of fused-ring (bicyclic) bond motifs is 1. The number of nitrogens with two attached hydrogens (primary N) is 1. The molecule has 7 heteroatoms. The van der Waals surface area contributed by atoms with Crippen LogP contribution in [0.5, 0.6) is 0 Å². The molecule has 1 heterocycles. The quantitative estimate of drug-likeness (QED) is 0.694. The number of H-pyrrole nitrogens is 1. The minimum absolute atomic E-state index is 0.210. The van der Waals surface area contributed by atoms with E-state index in [1.54, 1.807) is 24.3 Å². The van der Waals surface area contributed by atoms with Crippen LogP contribution in [0.25, 0.3) is 10.9 Å². The van der Waals surface area contributed by atoms with Gasteiger partial charge in [0, 0.05) is 15.5 Å². The Kier molecular flexibility index (Phi) is 3.80. The Morgan fingerprint density at radius 3 is 2.71 bits per heavy atom. The number of halogens is 2. The number of nitrogens with one attached hydrogen (secondary N) is 1. The Labute approximate surface area is 134 Å². The lowest BCUT2D eigenvalue weighted by Crippen LogP contribution is -2.07. The van der Waals surface area contributed by atoms with E-state index in [4.69, 9.17) is 28.9 Å².